The van der Waals surface area contributed by atoms with Crippen LogP contribution >= 0.6 is 24.0 Å². The second-order valence-corrected chi connectivity index (χ2v) is 5.26. The average molecular weight is 264 g/mol. The zero-order chi connectivity index (χ0) is 12.4. The largest absolute Gasteiger partial charge is 0.378 e. The van der Waals surface area contributed by atoms with Crippen molar-refractivity contribution in [1.82, 2.24) is 5.32 Å². The molecular formula is C12H12N2OS2. The molecule has 3 nitrogen and oxygen atoms in total. The lowest BCUT2D eigenvalue weighted by molar-refractivity contribution is 0.265. The van der Waals surface area contributed by atoms with Crippen molar-refractivity contribution in [3.8, 4) is 0 Å². The Morgan fingerprint density at radius 1 is 1.29 bits per heavy atom. The zero-order valence-electron chi connectivity index (χ0n) is 9.56. The van der Waals surface area contributed by atoms with Gasteiger partial charge in [-0.3, -0.25) is 4.79 Å². The summed E-state index contributed by atoms with van der Waals surface area (Å²) in [5.41, 5.74) is 2.18. The van der Waals surface area contributed by atoms with Crippen molar-refractivity contribution in [1.29, 1.82) is 0 Å². The highest BCUT2D eigenvalue weighted by molar-refractivity contribution is 8.19. The first-order valence-corrected chi connectivity index (χ1v) is 6.31. The summed E-state index contributed by atoms with van der Waals surface area (Å²) >= 11 is 6.19. The summed E-state index contributed by atoms with van der Waals surface area (Å²) in [6.07, 6.45) is 1.92. The van der Waals surface area contributed by atoms with Crippen molar-refractivity contribution in [3.05, 3.63) is 34.7 Å². The maximum atomic E-state index is 11.1. The lowest BCUT2D eigenvalue weighted by atomic mass is 10.2. The van der Waals surface area contributed by atoms with Gasteiger partial charge in [0.15, 0.2) is 0 Å². The van der Waals surface area contributed by atoms with Crippen molar-refractivity contribution in [3.63, 3.8) is 0 Å². The number of hydrogen-bond donors (Lipinski definition) is 1. The van der Waals surface area contributed by atoms with E-state index in [9.17, 15) is 4.79 Å². The van der Waals surface area contributed by atoms with E-state index in [0.29, 0.717) is 4.99 Å². The average Bonchev–Trinajstić information content (AvgIpc) is 2.58. The van der Waals surface area contributed by atoms with Gasteiger partial charge in [0, 0.05) is 19.8 Å². The number of rotatable bonds is 2. The molecule has 88 valence electrons. The molecule has 0 aromatic heterocycles. The molecule has 1 aliphatic heterocycles. The quantitative estimate of drug-likeness (QED) is 0.657. The third kappa shape index (κ3) is 2.87. The van der Waals surface area contributed by atoms with Gasteiger partial charge >= 0.3 is 0 Å². The predicted octanol–water partition coefficient (Wildman–Crippen LogP) is 2.88. The fourth-order valence-corrected chi connectivity index (χ4v) is 2.47. The van der Waals surface area contributed by atoms with Gasteiger partial charge in [0.05, 0.1) is 4.91 Å². The van der Waals surface area contributed by atoms with E-state index in [-0.39, 0.29) is 5.24 Å². The minimum Gasteiger partial charge on any atom is -0.378 e. The van der Waals surface area contributed by atoms with Crippen LogP contribution in [0.15, 0.2) is 29.2 Å². The van der Waals surface area contributed by atoms with Crippen LogP contribution < -0.4 is 10.2 Å². The number of anilines is 1. The summed E-state index contributed by atoms with van der Waals surface area (Å²) < 4.78 is 0. The summed E-state index contributed by atoms with van der Waals surface area (Å²) in [5.74, 6) is 0. The van der Waals surface area contributed by atoms with E-state index >= 15 is 0 Å². The number of hydrogen-bond acceptors (Lipinski definition) is 4. The van der Waals surface area contributed by atoms with Gasteiger partial charge in [-0.1, -0.05) is 24.4 Å². The number of amides is 1. The molecule has 5 heteroatoms. The Bertz CT molecular complexity index is 492. The van der Waals surface area contributed by atoms with Crippen LogP contribution in [-0.2, 0) is 0 Å². The number of carbonyl (C=O) groups is 1. The molecule has 1 heterocycles. The standard InChI is InChI=1S/C12H12N2OS2/c1-14(2)9-5-3-8(4-6-9)7-10-11(16)13-12(15)17-10/h3-7H,1-2H3,(H,13,15,16)/b10-7-. The summed E-state index contributed by atoms with van der Waals surface area (Å²) in [5, 5.41) is 2.49. The first kappa shape index (κ1) is 12.1. The predicted molar refractivity (Wildman–Crippen MR) is 77.5 cm³/mol. The Labute approximate surface area is 110 Å². The van der Waals surface area contributed by atoms with E-state index in [1.807, 2.05) is 49.3 Å². The van der Waals surface area contributed by atoms with E-state index in [4.69, 9.17) is 12.2 Å². The molecule has 0 radical (unpaired) electrons. The van der Waals surface area contributed by atoms with Crippen molar-refractivity contribution in [2.24, 2.45) is 0 Å². The first-order valence-electron chi connectivity index (χ1n) is 5.08. The van der Waals surface area contributed by atoms with Crippen LogP contribution in [-0.4, -0.2) is 24.3 Å². The Hall–Kier alpha value is -1.33. The van der Waals surface area contributed by atoms with Crippen LogP contribution in [0.4, 0.5) is 10.5 Å². The number of nitrogens with zero attached hydrogens (tertiary/aromatic N) is 1. The number of thiocarbonyl (C=S) groups is 1. The molecule has 0 aliphatic carbocycles. The summed E-state index contributed by atoms with van der Waals surface area (Å²) in [4.78, 5) is 14.5. The second kappa shape index (κ2) is 4.89. The lowest BCUT2D eigenvalue weighted by Crippen LogP contribution is -2.15. The lowest BCUT2D eigenvalue weighted by Gasteiger charge is -2.11. The third-order valence-corrected chi connectivity index (χ3v) is 3.63. The molecular weight excluding hydrogens is 252 g/mol. The van der Waals surface area contributed by atoms with Gasteiger partial charge < -0.3 is 10.2 Å². The molecule has 1 aliphatic rings. The fourth-order valence-electron chi connectivity index (χ4n) is 1.44. The zero-order valence-corrected chi connectivity index (χ0v) is 11.2. The van der Waals surface area contributed by atoms with Crippen LogP contribution in [0.25, 0.3) is 6.08 Å². The van der Waals surface area contributed by atoms with Crippen molar-refractivity contribution < 1.29 is 4.79 Å². The monoisotopic (exact) mass is 264 g/mol. The van der Waals surface area contributed by atoms with E-state index in [1.165, 1.54) is 0 Å². The SMILES string of the molecule is CN(C)c1ccc(/C=C2\SC(=O)NC2=S)cc1. The topological polar surface area (TPSA) is 32.3 Å². The molecule has 17 heavy (non-hydrogen) atoms. The van der Waals surface area contributed by atoms with Gasteiger partial charge in [-0.05, 0) is 35.5 Å². The smallest absolute Gasteiger partial charge is 0.289 e. The summed E-state index contributed by atoms with van der Waals surface area (Å²) in [7, 11) is 4.00. The van der Waals surface area contributed by atoms with Crippen molar-refractivity contribution in [2.45, 2.75) is 0 Å². The highest BCUT2D eigenvalue weighted by Crippen LogP contribution is 2.26. The molecule has 1 saturated heterocycles. The van der Waals surface area contributed by atoms with Crippen molar-refractivity contribution >= 4 is 46.0 Å². The molecule has 1 aromatic carbocycles. The van der Waals surface area contributed by atoms with Gasteiger partial charge in [-0.2, -0.15) is 0 Å². The Morgan fingerprint density at radius 3 is 2.41 bits per heavy atom. The molecule has 1 fully saturated rings. The highest BCUT2D eigenvalue weighted by Gasteiger charge is 2.21. The van der Waals surface area contributed by atoms with E-state index < -0.39 is 0 Å². The van der Waals surface area contributed by atoms with Crippen LogP contribution in [0.2, 0.25) is 0 Å². The molecule has 0 bridgehead atoms. The number of nitrogens with one attached hydrogen (secondary N) is 1. The van der Waals surface area contributed by atoms with E-state index in [0.717, 1.165) is 27.9 Å². The van der Waals surface area contributed by atoms with Gasteiger partial charge in [0.2, 0.25) is 0 Å². The molecule has 2 rings (SSSR count). The third-order valence-electron chi connectivity index (χ3n) is 2.35. The van der Waals surface area contributed by atoms with E-state index in [1.54, 1.807) is 0 Å². The fraction of sp³-hybridized carbons (Fsp3) is 0.167. The van der Waals surface area contributed by atoms with Crippen molar-refractivity contribution in [2.75, 3.05) is 19.0 Å². The number of thioether (sulfide) groups is 1. The Kier molecular flexibility index (Phi) is 3.49. The summed E-state index contributed by atoms with van der Waals surface area (Å²) in [6, 6.07) is 8.08. The number of carbonyl (C=O) groups excluding carboxylic acids is 1. The molecule has 1 aromatic rings. The van der Waals surface area contributed by atoms with Gasteiger partial charge in [0.25, 0.3) is 5.24 Å². The molecule has 0 atom stereocenters. The first-order chi connectivity index (χ1) is 8.06. The second-order valence-electron chi connectivity index (χ2n) is 3.84. The van der Waals surface area contributed by atoms with E-state index in [2.05, 4.69) is 5.32 Å². The highest BCUT2D eigenvalue weighted by atomic mass is 32.2. The van der Waals surface area contributed by atoms with Gasteiger partial charge in [-0.15, -0.1) is 0 Å². The molecule has 0 saturated carbocycles. The Balaban J connectivity index is 2.21. The van der Waals surface area contributed by atoms with Crippen LogP contribution in [0.5, 0.6) is 0 Å². The number of benzene rings is 1. The molecule has 0 spiro atoms. The van der Waals surface area contributed by atoms with Crippen LogP contribution in [0, 0.1) is 0 Å². The molecule has 1 amide bonds. The normalized spacial score (nSPS) is 17.4. The molecule has 1 N–H and O–H groups in total. The van der Waals surface area contributed by atoms with Crippen LogP contribution in [0.1, 0.15) is 5.56 Å². The minimum absolute atomic E-state index is 0.105. The minimum atomic E-state index is -0.105. The Morgan fingerprint density at radius 2 is 1.94 bits per heavy atom. The summed E-state index contributed by atoms with van der Waals surface area (Å²) in [6.45, 7) is 0. The molecule has 0 unspecified atom stereocenters. The maximum Gasteiger partial charge on any atom is 0.289 e. The van der Waals surface area contributed by atoms with Gasteiger partial charge in [-0.25, -0.2) is 0 Å². The van der Waals surface area contributed by atoms with Crippen LogP contribution in [0.3, 0.4) is 0 Å². The van der Waals surface area contributed by atoms with Gasteiger partial charge in [0.1, 0.15) is 4.99 Å². The maximum absolute atomic E-state index is 11.1.